The zero-order valence-electron chi connectivity index (χ0n) is 17.2. The summed E-state index contributed by atoms with van der Waals surface area (Å²) in [6, 6.07) is 13.3. The second-order valence-electron chi connectivity index (χ2n) is 7.98. The summed E-state index contributed by atoms with van der Waals surface area (Å²) in [6.07, 6.45) is 6.23. The van der Waals surface area contributed by atoms with Crippen molar-refractivity contribution in [1.29, 1.82) is 0 Å². The Balaban J connectivity index is 1.46. The van der Waals surface area contributed by atoms with Crippen LogP contribution in [0.1, 0.15) is 48.5 Å². The smallest absolute Gasteiger partial charge is 0.262 e. The standard InChI is InChI=1S/C24H26N2O3S/c1-15-3-8-18(9-4-15)25-23(27)17-7-12-21-20(14-17)26-24(28)22(30-21)13-16-5-10-19(29-2)11-6-16/h5-7,10-15,18H,3-4,8-9H2,1-2H3,(H,25,27)(H,26,28)/b22-13+. The molecule has 0 aromatic heterocycles. The number of rotatable bonds is 4. The average molecular weight is 423 g/mol. The molecule has 0 unspecified atom stereocenters. The minimum Gasteiger partial charge on any atom is -0.497 e. The van der Waals surface area contributed by atoms with Crippen LogP contribution in [0.15, 0.2) is 52.3 Å². The number of thioether (sulfide) groups is 1. The van der Waals surface area contributed by atoms with E-state index in [9.17, 15) is 9.59 Å². The highest BCUT2D eigenvalue weighted by Gasteiger charge is 2.24. The van der Waals surface area contributed by atoms with Crippen molar-refractivity contribution in [3.8, 4) is 5.75 Å². The van der Waals surface area contributed by atoms with Gasteiger partial charge in [-0.3, -0.25) is 9.59 Å². The van der Waals surface area contributed by atoms with Crippen LogP contribution >= 0.6 is 11.8 Å². The van der Waals surface area contributed by atoms with Crippen LogP contribution in [-0.2, 0) is 4.79 Å². The monoisotopic (exact) mass is 422 g/mol. The molecule has 4 rings (SSSR count). The molecule has 2 amide bonds. The molecule has 30 heavy (non-hydrogen) atoms. The topological polar surface area (TPSA) is 67.4 Å². The molecule has 0 radical (unpaired) electrons. The summed E-state index contributed by atoms with van der Waals surface area (Å²) in [7, 11) is 1.62. The van der Waals surface area contributed by atoms with Crippen molar-refractivity contribution in [2.24, 2.45) is 5.92 Å². The summed E-state index contributed by atoms with van der Waals surface area (Å²) in [5.41, 5.74) is 2.19. The molecule has 1 aliphatic carbocycles. The molecule has 0 saturated heterocycles. The SMILES string of the molecule is COc1ccc(/C=C2/Sc3ccc(C(=O)NC4CCC(C)CC4)cc3NC2=O)cc1. The van der Waals surface area contributed by atoms with Gasteiger partial charge in [-0.1, -0.05) is 30.8 Å². The first-order valence-electron chi connectivity index (χ1n) is 10.3. The third-order valence-corrected chi connectivity index (χ3v) is 6.80. The Bertz CT molecular complexity index is 976. The molecule has 1 fully saturated rings. The second kappa shape index (κ2) is 8.96. The largest absolute Gasteiger partial charge is 0.497 e. The van der Waals surface area contributed by atoms with Gasteiger partial charge in [-0.15, -0.1) is 0 Å². The number of benzene rings is 2. The molecule has 0 atom stereocenters. The normalized spacial score (nSPS) is 22.2. The molecule has 2 aliphatic rings. The molecule has 6 heteroatoms. The van der Waals surface area contributed by atoms with Crippen LogP contribution in [0.4, 0.5) is 5.69 Å². The maximum Gasteiger partial charge on any atom is 0.262 e. The van der Waals surface area contributed by atoms with Gasteiger partial charge in [-0.2, -0.15) is 0 Å². The number of carbonyl (C=O) groups is 2. The van der Waals surface area contributed by atoms with Crippen molar-refractivity contribution in [3.63, 3.8) is 0 Å². The van der Waals surface area contributed by atoms with Crippen LogP contribution < -0.4 is 15.4 Å². The Morgan fingerprint density at radius 3 is 2.57 bits per heavy atom. The van der Waals surface area contributed by atoms with E-state index in [2.05, 4.69) is 17.6 Å². The van der Waals surface area contributed by atoms with E-state index in [0.717, 1.165) is 47.8 Å². The Morgan fingerprint density at radius 1 is 1.13 bits per heavy atom. The van der Waals surface area contributed by atoms with Gasteiger partial charge in [0.1, 0.15) is 5.75 Å². The second-order valence-corrected chi connectivity index (χ2v) is 9.06. The highest BCUT2D eigenvalue weighted by Crippen LogP contribution is 2.39. The Labute approximate surface area is 181 Å². The number of amides is 2. The van der Waals surface area contributed by atoms with Gasteiger partial charge >= 0.3 is 0 Å². The number of carbonyl (C=O) groups excluding carboxylic acids is 2. The average Bonchev–Trinajstić information content (AvgIpc) is 2.76. The maximum atomic E-state index is 12.7. The predicted molar refractivity (Wildman–Crippen MR) is 121 cm³/mol. The van der Waals surface area contributed by atoms with Crippen LogP contribution in [0.2, 0.25) is 0 Å². The fourth-order valence-corrected chi connectivity index (χ4v) is 4.76. The summed E-state index contributed by atoms with van der Waals surface area (Å²) in [6.45, 7) is 2.26. The molecule has 1 saturated carbocycles. The summed E-state index contributed by atoms with van der Waals surface area (Å²) in [5, 5.41) is 6.07. The van der Waals surface area contributed by atoms with Crippen molar-refractivity contribution in [2.75, 3.05) is 12.4 Å². The van der Waals surface area contributed by atoms with Gasteiger partial charge in [0.15, 0.2) is 0 Å². The van der Waals surface area contributed by atoms with Crippen molar-refractivity contribution >= 4 is 35.3 Å². The van der Waals surface area contributed by atoms with Gasteiger partial charge in [0.25, 0.3) is 11.8 Å². The van der Waals surface area contributed by atoms with E-state index < -0.39 is 0 Å². The summed E-state index contributed by atoms with van der Waals surface area (Å²) >= 11 is 1.41. The molecule has 1 aliphatic heterocycles. The lowest BCUT2D eigenvalue weighted by atomic mass is 9.87. The molecule has 5 nitrogen and oxygen atoms in total. The lowest BCUT2D eigenvalue weighted by Crippen LogP contribution is -2.37. The summed E-state index contributed by atoms with van der Waals surface area (Å²) in [4.78, 5) is 26.8. The fraction of sp³-hybridized carbons (Fsp3) is 0.333. The number of nitrogens with one attached hydrogen (secondary N) is 2. The number of hydrogen-bond donors (Lipinski definition) is 2. The predicted octanol–water partition coefficient (Wildman–Crippen LogP) is 5.09. The molecule has 2 N–H and O–H groups in total. The zero-order valence-corrected chi connectivity index (χ0v) is 18.1. The number of hydrogen-bond acceptors (Lipinski definition) is 4. The fourth-order valence-electron chi connectivity index (χ4n) is 3.83. The van der Waals surface area contributed by atoms with Crippen molar-refractivity contribution in [3.05, 3.63) is 58.5 Å². The van der Waals surface area contributed by atoms with Crippen LogP contribution in [-0.4, -0.2) is 25.0 Å². The first-order chi connectivity index (χ1) is 14.5. The van der Waals surface area contributed by atoms with E-state index in [1.165, 1.54) is 11.8 Å². The molecule has 2 aromatic rings. The third-order valence-electron chi connectivity index (χ3n) is 5.70. The zero-order chi connectivity index (χ0) is 21.1. The van der Waals surface area contributed by atoms with E-state index >= 15 is 0 Å². The molecule has 0 spiro atoms. The third kappa shape index (κ3) is 4.70. The molecule has 2 aromatic carbocycles. The number of anilines is 1. The summed E-state index contributed by atoms with van der Waals surface area (Å²) < 4.78 is 5.17. The molecule has 156 valence electrons. The first kappa shape index (κ1) is 20.5. The van der Waals surface area contributed by atoms with Crippen LogP contribution in [0.3, 0.4) is 0 Å². The maximum absolute atomic E-state index is 12.7. The number of fused-ring (bicyclic) bond motifs is 1. The quantitative estimate of drug-likeness (QED) is 0.674. The minimum atomic E-state index is -0.165. The van der Waals surface area contributed by atoms with Gasteiger partial charge in [-0.05, 0) is 73.6 Å². The first-order valence-corrected chi connectivity index (χ1v) is 11.1. The van der Waals surface area contributed by atoms with Crippen molar-refractivity contribution < 1.29 is 14.3 Å². The Kier molecular flexibility index (Phi) is 6.13. The Morgan fingerprint density at radius 2 is 1.87 bits per heavy atom. The number of methoxy groups -OCH3 is 1. The van der Waals surface area contributed by atoms with Crippen molar-refractivity contribution in [1.82, 2.24) is 5.32 Å². The van der Waals surface area contributed by atoms with E-state index in [1.807, 2.05) is 42.5 Å². The molecule has 0 bridgehead atoms. The van der Waals surface area contributed by atoms with Gasteiger partial charge < -0.3 is 15.4 Å². The molecular formula is C24H26N2O3S. The van der Waals surface area contributed by atoms with Gasteiger partial charge in [0.2, 0.25) is 0 Å². The van der Waals surface area contributed by atoms with Gasteiger partial charge in [0, 0.05) is 16.5 Å². The summed E-state index contributed by atoms with van der Waals surface area (Å²) in [5.74, 6) is 1.28. The van der Waals surface area contributed by atoms with Crippen LogP contribution in [0, 0.1) is 5.92 Å². The van der Waals surface area contributed by atoms with Crippen molar-refractivity contribution in [2.45, 2.75) is 43.5 Å². The van der Waals surface area contributed by atoms with E-state index in [4.69, 9.17) is 4.74 Å². The lowest BCUT2D eigenvalue weighted by Gasteiger charge is -2.27. The lowest BCUT2D eigenvalue weighted by molar-refractivity contribution is -0.112. The highest BCUT2D eigenvalue weighted by molar-refractivity contribution is 8.04. The van der Waals surface area contributed by atoms with Crippen LogP contribution in [0.25, 0.3) is 6.08 Å². The Hall–Kier alpha value is -2.73. The van der Waals surface area contributed by atoms with E-state index in [0.29, 0.717) is 16.2 Å². The van der Waals surface area contributed by atoms with Crippen LogP contribution in [0.5, 0.6) is 5.75 Å². The van der Waals surface area contributed by atoms with E-state index in [1.54, 1.807) is 13.2 Å². The van der Waals surface area contributed by atoms with E-state index in [-0.39, 0.29) is 17.9 Å². The highest BCUT2D eigenvalue weighted by atomic mass is 32.2. The molecule has 1 heterocycles. The molecular weight excluding hydrogens is 396 g/mol. The van der Waals surface area contributed by atoms with Gasteiger partial charge in [-0.25, -0.2) is 0 Å². The number of ether oxygens (including phenoxy) is 1. The van der Waals surface area contributed by atoms with Gasteiger partial charge in [0.05, 0.1) is 17.7 Å². The minimum absolute atomic E-state index is 0.0730.